The number of nitrogens with one attached hydrogen (secondary N) is 3. The van der Waals surface area contributed by atoms with E-state index in [1.807, 2.05) is 6.20 Å². The summed E-state index contributed by atoms with van der Waals surface area (Å²) in [6.07, 6.45) is 10.5. The van der Waals surface area contributed by atoms with Gasteiger partial charge in [-0.3, -0.25) is 9.48 Å². The van der Waals surface area contributed by atoms with Crippen molar-refractivity contribution in [3.63, 3.8) is 0 Å². The van der Waals surface area contributed by atoms with Gasteiger partial charge in [-0.2, -0.15) is 5.10 Å². The van der Waals surface area contributed by atoms with Gasteiger partial charge in [-0.1, -0.05) is 0 Å². The van der Waals surface area contributed by atoms with Crippen LogP contribution in [-0.2, 0) is 6.54 Å². The standard InChI is InChI=1S/C19H22N8O/c28-19(26-15-4-8-20-9-5-15)14-2-3-17(23-10-14)25-16-11-24-27(12-16)13-18-21-6-1-7-22-18/h1-3,6-7,10-12,15,20H,4-5,8-9,13H2,(H,23,25)(H,26,28). The largest absolute Gasteiger partial charge is 0.349 e. The molecule has 0 spiro atoms. The number of piperidine rings is 1. The average molecular weight is 378 g/mol. The zero-order valence-electron chi connectivity index (χ0n) is 15.4. The van der Waals surface area contributed by atoms with Gasteiger partial charge in [0.2, 0.25) is 0 Å². The van der Waals surface area contributed by atoms with Crippen molar-refractivity contribution in [3.05, 3.63) is 60.6 Å². The van der Waals surface area contributed by atoms with E-state index in [2.05, 4.69) is 36.0 Å². The van der Waals surface area contributed by atoms with E-state index in [0.29, 0.717) is 23.8 Å². The highest BCUT2D eigenvalue weighted by Gasteiger charge is 2.16. The van der Waals surface area contributed by atoms with Crippen LogP contribution in [0.1, 0.15) is 29.0 Å². The van der Waals surface area contributed by atoms with Gasteiger partial charge in [0.25, 0.3) is 5.91 Å². The van der Waals surface area contributed by atoms with E-state index in [4.69, 9.17) is 0 Å². The maximum atomic E-state index is 12.3. The number of carbonyl (C=O) groups is 1. The lowest BCUT2D eigenvalue weighted by atomic mass is 10.1. The number of amides is 1. The molecule has 3 aromatic heterocycles. The molecule has 1 saturated heterocycles. The van der Waals surface area contributed by atoms with Gasteiger partial charge in [0.05, 0.1) is 17.4 Å². The minimum atomic E-state index is -0.0818. The first-order chi connectivity index (χ1) is 13.8. The Labute approximate surface area is 162 Å². The third kappa shape index (κ3) is 4.68. The molecule has 28 heavy (non-hydrogen) atoms. The maximum absolute atomic E-state index is 12.3. The average Bonchev–Trinajstić information content (AvgIpc) is 3.17. The summed E-state index contributed by atoms with van der Waals surface area (Å²) in [5.41, 5.74) is 1.36. The Morgan fingerprint density at radius 1 is 1.14 bits per heavy atom. The summed E-state index contributed by atoms with van der Waals surface area (Å²) < 4.78 is 1.75. The second kappa shape index (κ2) is 8.57. The van der Waals surface area contributed by atoms with E-state index >= 15 is 0 Å². The van der Waals surface area contributed by atoms with Gasteiger partial charge in [-0.15, -0.1) is 0 Å². The molecule has 1 aliphatic heterocycles. The predicted octanol–water partition coefficient (Wildman–Crippen LogP) is 1.34. The van der Waals surface area contributed by atoms with Gasteiger partial charge >= 0.3 is 0 Å². The van der Waals surface area contributed by atoms with Crippen LogP contribution in [0, 0.1) is 0 Å². The van der Waals surface area contributed by atoms with Crippen molar-refractivity contribution in [2.45, 2.75) is 25.4 Å². The second-order valence-electron chi connectivity index (χ2n) is 6.65. The number of hydrogen-bond donors (Lipinski definition) is 3. The van der Waals surface area contributed by atoms with Crippen LogP contribution in [0.4, 0.5) is 11.5 Å². The van der Waals surface area contributed by atoms with E-state index < -0.39 is 0 Å². The molecule has 4 rings (SSSR count). The molecular formula is C19H22N8O. The van der Waals surface area contributed by atoms with Crippen molar-refractivity contribution in [3.8, 4) is 0 Å². The Hall–Kier alpha value is -3.33. The second-order valence-corrected chi connectivity index (χ2v) is 6.65. The number of aromatic nitrogens is 5. The van der Waals surface area contributed by atoms with Crippen molar-refractivity contribution < 1.29 is 4.79 Å². The number of nitrogens with zero attached hydrogens (tertiary/aromatic N) is 5. The topological polar surface area (TPSA) is 110 Å². The molecule has 0 radical (unpaired) electrons. The highest BCUT2D eigenvalue weighted by Crippen LogP contribution is 2.14. The summed E-state index contributed by atoms with van der Waals surface area (Å²) in [5, 5.41) is 13.8. The van der Waals surface area contributed by atoms with E-state index in [1.165, 1.54) is 0 Å². The first kappa shape index (κ1) is 18.1. The number of pyridine rings is 1. The molecule has 0 aliphatic carbocycles. The lowest BCUT2D eigenvalue weighted by Crippen LogP contribution is -2.42. The van der Waals surface area contributed by atoms with Gasteiger partial charge in [-0.05, 0) is 44.1 Å². The van der Waals surface area contributed by atoms with Crippen LogP contribution in [-0.4, -0.2) is 49.8 Å². The molecule has 9 nitrogen and oxygen atoms in total. The Morgan fingerprint density at radius 3 is 2.71 bits per heavy atom. The van der Waals surface area contributed by atoms with Crippen LogP contribution in [0.5, 0.6) is 0 Å². The third-order valence-corrected chi connectivity index (χ3v) is 4.53. The lowest BCUT2D eigenvalue weighted by molar-refractivity contribution is 0.0929. The normalized spacial score (nSPS) is 14.6. The maximum Gasteiger partial charge on any atom is 0.253 e. The van der Waals surface area contributed by atoms with Gasteiger partial charge in [-0.25, -0.2) is 15.0 Å². The first-order valence-electron chi connectivity index (χ1n) is 9.29. The summed E-state index contributed by atoms with van der Waals surface area (Å²) in [4.78, 5) is 25.1. The summed E-state index contributed by atoms with van der Waals surface area (Å²) in [7, 11) is 0. The Balaban J connectivity index is 1.33. The summed E-state index contributed by atoms with van der Waals surface area (Å²) in [6.45, 7) is 2.37. The smallest absolute Gasteiger partial charge is 0.253 e. The van der Waals surface area contributed by atoms with Crippen molar-refractivity contribution in [2.75, 3.05) is 18.4 Å². The Morgan fingerprint density at radius 2 is 1.96 bits per heavy atom. The van der Waals surface area contributed by atoms with E-state index in [1.54, 1.807) is 47.7 Å². The van der Waals surface area contributed by atoms with Crippen LogP contribution in [0.25, 0.3) is 0 Å². The number of hydrogen-bond acceptors (Lipinski definition) is 7. The van der Waals surface area contributed by atoms with Crippen LogP contribution in [0.3, 0.4) is 0 Å². The molecule has 4 heterocycles. The molecule has 3 N–H and O–H groups in total. The molecule has 3 aromatic rings. The van der Waals surface area contributed by atoms with Crippen LogP contribution in [0.2, 0.25) is 0 Å². The van der Waals surface area contributed by atoms with Crippen molar-refractivity contribution >= 4 is 17.4 Å². The molecule has 0 unspecified atom stereocenters. The van der Waals surface area contributed by atoms with Crippen molar-refractivity contribution in [1.29, 1.82) is 0 Å². The molecular weight excluding hydrogens is 356 g/mol. The van der Waals surface area contributed by atoms with Crippen LogP contribution < -0.4 is 16.0 Å². The van der Waals surface area contributed by atoms with Gasteiger partial charge in [0.15, 0.2) is 0 Å². The summed E-state index contributed by atoms with van der Waals surface area (Å²) in [6, 6.07) is 5.57. The number of rotatable bonds is 6. The third-order valence-electron chi connectivity index (χ3n) is 4.53. The Bertz CT molecular complexity index is 903. The zero-order chi connectivity index (χ0) is 19.2. The van der Waals surface area contributed by atoms with Crippen LogP contribution >= 0.6 is 0 Å². The zero-order valence-corrected chi connectivity index (χ0v) is 15.4. The highest BCUT2D eigenvalue weighted by molar-refractivity contribution is 5.94. The summed E-state index contributed by atoms with van der Waals surface area (Å²) >= 11 is 0. The van der Waals surface area contributed by atoms with Gasteiger partial charge < -0.3 is 16.0 Å². The molecule has 0 saturated carbocycles. The molecule has 9 heteroatoms. The van der Waals surface area contributed by atoms with Gasteiger partial charge in [0.1, 0.15) is 18.2 Å². The lowest BCUT2D eigenvalue weighted by Gasteiger charge is -2.23. The fourth-order valence-electron chi connectivity index (χ4n) is 3.06. The Kier molecular flexibility index (Phi) is 5.53. The molecule has 0 aromatic carbocycles. The van der Waals surface area contributed by atoms with E-state index in [9.17, 15) is 4.79 Å². The fourth-order valence-corrected chi connectivity index (χ4v) is 3.06. The molecule has 144 valence electrons. The van der Waals surface area contributed by atoms with E-state index in [0.717, 1.165) is 31.6 Å². The van der Waals surface area contributed by atoms with Crippen molar-refractivity contribution in [1.82, 2.24) is 35.4 Å². The van der Waals surface area contributed by atoms with Crippen LogP contribution in [0.15, 0.2) is 49.2 Å². The summed E-state index contributed by atoms with van der Waals surface area (Å²) in [5.74, 6) is 1.26. The first-order valence-corrected chi connectivity index (χ1v) is 9.29. The molecule has 1 amide bonds. The minimum Gasteiger partial charge on any atom is -0.349 e. The molecule has 1 aliphatic rings. The van der Waals surface area contributed by atoms with Gasteiger partial charge in [0, 0.05) is 30.8 Å². The van der Waals surface area contributed by atoms with E-state index in [-0.39, 0.29) is 11.9 Å². The highest BCUT2D eigenvalue weighted by atomic mass is 16.1. The molecule has 1 fully saturated rings. The SMILES string of the molecule is O=C(NC1CCNCC1)c1ccc(Nc2cnn(Cc3ncccn3)c2)nc1. The van der Waals surface area contributed by atoms with Crippen molar-refractivity contribution in [2.24, 2.45) is 0 Å². The minimum absolute atomic E-state index is 0.0818. The quantitative estimate of drug-likeness (QED) is 0.594. The number of carbonyl (C=O) groups excluding carboxylic acids is 1. The molecule has 0 bridgehead atoms. The molecule has 0 atom stereocenters. The monoisotopic (exact) mass is 378 g/mol. The predicted molar refractivity (Wildman–Crippen MR) is 104 cm³/mol. The number of anilines is 2. The fraction of sp³-hybridized carbons (Fsp3) is 0.316.